The molecule has 3 N–H and O–H groups in total. The van der Waals surface area contributed by atoms with E-state index in [1.165, 1.54) is 0 Å². The maximum Gasteiger partial charge on any atom is 0.251 e. The van der Waals surface area contributed by atoms with E-state index in [9.17, 15) is 9.59 Å². The van der Waals surface area contributed by atoms with E-state index in [0.717, 1.165) is 28.1 Å². The van der Waals surface area contributed by atoms with Crippen LogP contribution in [0.5, 0.6) is 0 Å². The summed E-state index contributed by atoms with van der Waals surface area (Å²) in [5.41, 5.74) is 10.3. The first-order valence-corrected chi connectivity index (χ1v) is 8.53. The third-order valence-electron chi connectivity index (χ3n) is 4.33. The molecule has 0 spiro atoms. The van der Waals surface area contributed by atoms with Crippen LogP contribution < -0.4 is 11.1 Å². The van der Waals surface area contributed by atoms with E-state index < -0.39 is 5.91 Å². The molecule has 8 heteroatoms. The lowest BCUT2D eigenvalue weighted by Crippen LogP contribution is -2.22. The van der Waals surface area contributed by atoms with Gasteiger partial charge in [-0.1, -0.05) is 12.1 Å². The number of hydrogen-bond acceptors (Lipinski definition) is 4. The molecule has 0 bridgehead atoms. The Hall–Kier alpha value is -3.42. The number of benzene rings is 1. The predicted molar refractivity (Wildman–Crippen MR) is 101 cm³/mol. The molecule has 2 aromatic heterocycles. The lowest BCUT2D eigenvalue weighted by Gasteiger charge is -2.07. The average molecular weight is 366 g/mol. The van der Waals surface area contributed by atoms with Crippen LogP contribution in [0.3, 0.4) is 0 Å². The highest BCUT2D eigenvalue weighted by Crippen LogP contribution is 2.27. The van der Waals surface area contributed by atoms with Gasteiger partial charge in [-0.2, -0.15) is 10.2 Å². The van der Waals surface area contributed by atoms with Gasteiger partial charge in [0.15, 0.2) is 0 Å². The van der Waals surface area contributed by atoms with Gasteiger partial charge in [0.1, 0.15) is 6.54 Å². The number of nitrogens with one attached hydrogen (secondary N) is 1. The molecule has 0 saturated heterocycles. The SMILES string of the molecule is Cc1nn(CC(N)=O)c(C)c1-c1ccc(C(=O)NCc2cnn(C)c2)cc1. The molecule has 3 rings (SSSR count). The predicted octanol–water partition coefficient (Wildman–Crippen LogP) is 1.32. The van der Waals surface area contributed by atoms with Crippen LogP contribution in [0.1, 0.15) is 27.3 Å². The molecule has 0 radical (unpaired) electrons. The number of aryl methyl sites for hydroxylation is 2. The Balaban J connectivity index is 1.74. The van der Waals surface area contributed by atoms with E-state index >= 15 is 0 Å². The summed E-state index contributed by atoms with van der Waals surface area (Å²) < 4.78 is 3.29. The molecule has 0 aliphatic heterocycles. The van der Waals surface area contributed by atoms with Crippen molar-refractivity contribution in [3.05, 3.63) is 59.2 Å². The Morgan fingerprint density at radius 2 is 1.89 bits per heavy atom. The molecule has 0 aliphatic rings. The van der Waals surface area contributed by atoms with Crippen molar-refractivity contribution in [3.63, 3.8) is 0 Å². The van der Waals surface area contributed by atoms with Gasteiger partial charge in [0, 0.05) is 42.2 Å². The van der Waals surface area contributed by atoms with Gasteiger partial charge in [-0.15, -0.1) is 0 Å². The number of aromatic nitrogens is 4. The minimum absolute atomic E-state index is 0.0432. The maximum atomic E-state index is 12.3. The standard InChI is InChI=1S/C19H22N6O2/c1-12-18(13(2)25(23-12)11-17(20)26)15-4-6-16(7-5-15)19(27)21-8-14-9-22-24(3)10-14/h4-7,9-10H,8,11H2,1-3H3,(H2,20,26)(H,21,27). The van der Waals surface area contributed by atoms with E-state index in [-0.39, 0.29) is 12.5 Å². The van der Waals surface area contributed by atoms with Gasteiger partial charge in [-0.25, -0.2) is 0 Å². The van der Waals surface area contributed by atoms with E-state index in [2.05, 4.69) is 15.5 Å². The van der Waals surface area contributed by atoms with Gasteiger partial charge in [0.05, 0.1) is 11.9 Å². The van der Waals surface area contributed by atoms with Crippen molar-refractivity contribution < 1.29 is 9.59 Å². The fourth-order valence-electron chi connectivity index (χ4n) is 3.05. The lowest BCUT2D eigenvalue weighted by atomic mass is 10.0. The maximum absolute atomic E-state index is 12.3. The molecule has 2 amide bonds. The van der Waals surface area contributed by atoms with Crippen molar-refractivity contribution in [2.24, 2.45) is 12.8 Å². The van der Waals surface area contributed by atoms with Gasteiger partial charge in [-0.3, -0.25) is 19.0 Å². The summed E-state index contributed by atoms with van der Waals surface area (Å²) in [6, 6.07) is 7.31. The third kappa shape index (κ3) is 4.05. The van der Waals surface area contributed by atoms with Crippen LogP contribution in [0, 0.1) is 13.8 Å². The first kappa shape index (κ1) is 18.4. The summed E-state index contributed by atoms with van der Waals surface area (Å²) in [6.07, 6.45) is 3.58. The fraction of sp³-hybridized carbons (Fsp3) is 0.263. The number of nitrogens with two attached hydrogens (primary N) is 1. The second-order valence-corrected chi connectivity index (χ2v) is 6.45. The Labute approximate surface area is 157 Å². The molecular weight excluding hydrogens is 344 g/mol. The number of rotatable bonds is 6. The molecule has 0 saturated carbocycles. The van der Waals surface area contributed by atoms with E-state index in [1.54, 1.807) is 27.7 Å². The smallest absolute Gasteiger partial charge is 0.251 e. The van der Waals surface area contributed by atoms with Gasteiger partial charge < -0.3 is 11.1 Å². The van der Waals surface area contributed by atoms with Gasteiger partial charge in [0.2, 0.25) is 5.91 Å². The largest absolute Gasteiger partial charge is 0.368 e. The van der Waals surface area contributed by atoms with Crippen molar-refractivity contribution in [2.45, 2.75) is 26.9 Å². The van der Waals surface area contributed by atoms with Crippen molar-refractivity contribution in [3.8, 4) is 11.1 Å². The van der Waals surface area contributed by atoms with E-state index in [4.69, 9.17) is 5.73 Å². The molecule has 2 heterocycles. The molecule has 140 valence electrons. The molecule has 27 heavy (non-hydrogen) atoms. The monoisotopic (exact) mass is 366 g/mol. The quantitative estimate of drug-likeness (QED) is 0.686. The number of nitrogens with zero attached hydrogens (tertiary/aromatic N) is 4. The molecule has 1 aromatic carbocycles. The zero-order chi connectivity index (χ0) is 19.6. The molecule has 0 atom stereocenters. The summed E-state index contributed by atoms with van der Waals surface area (Å²) in [6.45, 7) is 4.25. The third-order valence-corrected chi connectivity index (χ3v) is 4.33. The van der Waals surface area contributed by atoms with E-state index in [0.29, 0.717) is 12.1 Å². The minimum atomic E-state index is -0.437. The summed E-state index contributed by atoms with van der Waals surface area (Å²) in [7, 11) is 1.83. The number of primary amides is 1. The lowest BCUT2D eigenvalue weighted by molar-refractivity contribution is -0.118. The Bertz CT molecular complexity index is 984. The molecule has 0 aliphatic carbocycles. The van der Waals surface area contributed by atoms with Crippen LogP contribution >= 0.6 is 0 Å². The minimum Gasteiger partial charge on any atom is -0.368 e. The second kappa shape index (κ2) is 7.45. The van der Waals surface area contributed by atoms with Gasteiger partial charge in [-0.05, 0) is 31.5 Å². The van der Waals surface area contributed by atoms with Crippen molar-refractivity contribution in [1.82, 2.24) is 24.9 Å². The zero-order valence-electron chi connectivity index (χ0n) is 15.6. The first-order chi connectivity index (χ1) is 12.8. The Morgan fingerprint density at radius 3 is 2.48 bits per heavy atom. The topological polar surface area (TPSA) is 108 Å². The second-order valence-electron chi connectivity index (χ2n) is 6.45. The summed E-state index contributed by atoms with van der Waals surface area (Å²) in [4.78, 5) is 23.5. The van der Waals surface area contributed by atoms with Crippen LogP contribution in [0.2, 0.25) is 0 Å². The molecule has 3 aromatic rings. The summed E-state index contributed by atoms with van der Waals surface area (Å²) >= 11 is 0. The number of amides is 2. The number of carbonyl (C=O) groups is 2. The zero-order valence-corrected chi connectivity index (χ0v) is 15.6. The number of hydrogen-bond donors (Lipinski definition) is 2. The first-order valence-electron chi connectivity index (χ1n) is 8.53. The van der Waals surface area contributed by atoms with Crippen molar-refractivity contribution >= 4 is 11.8 Å². The summed E-state index contributed by atoms with van der Waals surface area (Å²) in [5, 5.41) is 11.3. The van der Waals surface area contributed by atoms with Crippen LogP contribution in [0.4, 0.5) is 0 Å². The molecule has 0 unspecified atom stereocenters. The Kier molecular flexibility index (Phi) is 5.07. The molecular formula is C19H22N6O2. The highest BCUT2D eigenvalue weighted by molar-refractivity contribution is 5.94. The summed E-state index contributed by atoms with van der Waals surface area (Å²) in [5.74, 6) is -0.587. The fourth-order valence-corrected chi connectivity index (χ4v) is 3.05. The van der Waals surface area contributed by atoms with Crippen LogP contribution in [-0.4, -0.2) is 31.4 Å². The van der Waals surface area contributed by atoms with Gasteiger partial charge in [0.25, 0.3) is 5.91 Å². The van der Waals surface area contributed by atoms with E-state index in [1.807, 2.05) is 39.2 Å². The van der Waals surface area contributed by atoms with Crippen LogP contribution in [0.15, 0.2) is 36.7 Å². The highest BCUT2D eigenvalue weighted by atomic mass is 16.2. The molecule has 8 nitrogen and oxygen atoms in total. The van der Waals surface area contributed by atoms with Gasteiger partial charge >= 0.3 is 0 Å². The number of carbonyl (C=O) groups excluding carboxylic acids is 2. The van der Waals surface area contributed by atoms with Crippen LogP contribution in [-0.2, 0) is 24.9 Å². The van der Waals surface area contributed by atoms with Crippen molar-refractivity contribution in [2.75, 3.05) is 0 Å². The average Bonchev–Trinajstić information content (AvgIpc) is 3.15. The normalized spacial score (nSPS) is 10.8. The molecule has 0 fully saturated rings. The highest BCUT2D eigenvalue weighted by Gasteiger charge is 2.15. The van der Waals surface area contributed by atoms with Crippen molar-refractivity contribution in [1.29, 1.82) is 0 Å². The Morgan fingerprint density at radius 1 is 1.19 bits per heavy atom. The van der Waals surface area contributed by atoms with Crippen LogP contribution in [0.25, 0.3) is 11.1 Å².